The Labute approximate surface area is 174 Å². The van der Waals surface area contributed by atoms with Crippen molar-refractivity contribution in [3.8, 4) is 0 Å². The summed E-state index contributed by atoms with van der Waals surface area (Å²) in [5.41, 5.74) is 3.40. The first-order valence-electron chi connectivity index (χ1n) is 9.66. The maximum Gasteiger partial charge on any atom is 0.408 e. The van der Waals surface area contributed by atoms with Gasteiger partial charge >= 0.3 is 12.1 Å². The molecule has 1 aromatic heterocycles. The van der Waals surface area contributed by atoms with Gasteiger partial charge in [0, 0.05) is 0 Å². The zero-order chi connectivity index (χ0) is 21.3. The van der Waals surface area contributed by atoms with E-state index < -0.39 is 18.2 Å². The summed E-state index contributed by atoms with van der Waals surface area (Å²) in [6.07, 6.45) is 2.37. The van der Waals surface area contributed by atoms with Crippen molar-refractivity contribution in [2.24, 2.45) is 0 Å². The minimum absolute atomic E-state index is 0.118. The summed E-state index contributed by atoms with van der Waals surface area (Å²) >= 11 is 0. The summed E-state index contributed by atoms with van der Waals surface area (Å²) in [6, 6.07) is 17.9. The molecule has 0 radical (unpaired) electrons. The van der Waals surface area contributed by atoms with Crippen LogP contribution in [0.25, 0.3) is 0 Å². The number of rotatable bonds is 9. The number of benzene rings is 2. The Kier molecular flexibility index (Phi) is 7.15. The lowest BCUT2D eigenvalue weighted by Crippen LogP contribution is -2.37. The molecule has 30 heavy (non-hydrogen) atoms. The fraction of sp³-hybridized carbons (Fsp3) is 0.273. The zero-order valence-electron chi connectivity index (χ0n) is 16.6. The second-order valence-electron chi connectivity index (χ2n) is 6.94. The average molecular weight is 408 g/mol. The van der Waals surface area contributed by atoms with Gasteiger partial charge in [-0.1, -0.05) is 54.6 Å². The van der Waals surface area contributed by atoms with Crippen LogP contribution < -0.4 is 5.32 Å². The van der Waals surface area contributed by atoms with Gasteiger partial charge in [-0.3, -0.25) is 0 Å². The highest BCUT2D eigenvalue weighted by Gasteiger charge is 2.24. The van der Waals surface area contributed by atoms with Crippen LogP contribution in [0.2, 0.25) is 0 Å². The summed E-state index contributed by atoms with van der Waals surface area (Å²) in [7, 11) is 0. The molecule has 0 spiro atoms. The standard InChI is InChI=1S/C22H24N4O4/c1-16(25-22(29)30-20(21(27)28)13-26-15-23-14-24-26)19-11-9-18(10-12-19)8-7-17-5-3-2-4-6-17/h2-6,9-12,14-16,20H,7-8,13H2,1H3,(H,25,29)(H,27,28)/t16-,20+/m0/s1. The molecule has 3 aromatic rings. The number of aryl methyl sites for hydroxylation is 2. The van der Waals surface area contributed by atoms with Gasteiger partial charge in [-0.2, -0.15) is 5.10 Å². The van der Waals surface area contributed by atoms with Crippen molar-refractivity contribution in [3.05, 3.63) is 83.9 Å². The summed E-state index contributed by atoms with van der Waals surface area (Å²) in [5, 5.41) is 15.8. The van der Waals surface area contributed by atoms with Crippen molar-refractivity contribution < 1.29 is 19.4 Å². The van der Waals surface area contributed by atoms with Crippen LogP contribution in [0.3, 0.4) is 0 Å². The largest absolute Gasteiger partial charge is 0.478 e. The number of carbonyl (C=O) groups excluding carboxylic acids is 1. The number of nitrogens with one attached hydrogen (secondary N) is 1. The van der Waals surface area contributed by atoms with Gasteiger partial charge in [0.25, 0.3) is 0 Å². The van der Waals surface area contributed by atoms with Gasteiger partial charge in [-0.25, -0.2) is 19.3 Å². The molecule has 0 aliphatic rings. The van der Waals surface area contributed by atoms with Crippen LogP contribution in [-0.2, 0) is 28.9 Å². The van der Waals surface area contributed by atoms with Crippen molar-refractivity contribution >= 4 is 12.1 Å². The highest BCUT2D eigenvalue weighted by Crippen LogP contribution is 2.15. The molecular formula is C22H24N4O4. The second-order valence-corrected chi connectivity index (χ2v) is 6.94. The van der Waals surface area contributed by atoms with Crippen molar-refractivity contribution in [1.29, 1.82) is 0 Å². The Morgan fingerprint density at radius 2 is 1.73 bits per heavy atom. The van der Waals surface area contributed by atoms with Crippen LogP contribution in [0.15, 0.2) is 67.3 Å². The van der Waals surface area contributed by atoms with E-state index in [1.54, 1.807) is 0 Å². The first-order valence-corrected chi connectivity index (χ1v) is 9.66. The van der Waals surface area contributed by atoms with Crippen LogP contribution in [-0.4, -0.2) is 38.0 Å². The average Bonchev–Trinajstić information content (AvgIpc) is 3.26. The van der Waals surface area contributed by atoms with Crippen molar-refractivity contribution in [2.45, 2.75) is 38.5 Å². The van der Waals surface area contributed by atoms with Crippen molar-refractivity contribution in [3.63, 3.8) is 0 Å². The predicted molar refractivity (Wildman–Crippen MR) is 110 cm³/mol. The molecular weight excluding hydrogens is 384 g/mol. The van der Waals surface area contributed by atoms with E-state index in [0.717, 1.165) is 18.4 Å². The number of ether oxygens (including phenoxy) is 1. The second kappa shape index (κ2) is 10.2. The van der Waals surface area contributed by atoms with E-state index in [0.29, 0.717) is 0 Å². The molecule has 2 aromatic carbocycles. The Morgan fingerprint density at radius 1 is 1.07 bits per heavy atom. The Bertz CT molecular complexity index is 943. The molecule has 0 saturated heterocycles. The first kappa shape index (κ1) is 21.0. The van der Waals surface area contributed by atoms with Gasteiger partial charge < -0.3 is 15.2 Å². The monoisotopic (exact) mass is 408 g/mol. The van der Waals surface area contributed by atoms with Crippen LogP contribution in [0.4, 0.5) is 4.79 Å². The Balaban J connectivity index is 1.51. The van der Waals surface area contributed by atoms with Gasteiger partial charge in [0.05, 0.1) is 12.6 Å². The summed E-state index contributed by atoms with van der Waals surface area (Å²) < 4.78 is 6.35. The molecule has 2 N–H and O–H groups in total. The third-order valence-electron chi connectivity index (χ3n) is 4.70. The van der Waals surface area contributed by atoms with E-state index >= 15 is 0 Å². The smallest absolute Gasteiger partial charge is 0.408 e. The molecule has 0 bridgehead atoms. The van der Waals surface area contributed by atoms with E-state index in [9.17, 15) is 14.7 Å². The quantitative estimate of drug-likeness (QED) is 0.564. The predicted octanol–water partition coefficient (Wildman–Crippen LogP) is 3.00. The van der Waals surface area contributed by atoms with E-state index in [4.69, 9.17) is 4.74 Å². The molecule has 0 aliphatic carbocycles. The minimum atomic E-state index is -1.36. The molecule has 0 fully saturated rings. The highest BCUT2D eigenvalue weighted by atomic mass is 16.6. The molecule has 0 unspecified atom stereocenters. The van der Waals surface area contributed by atoms with E-state index in [1.807, 2.05) is 49.4 Å². The maximum atomic E-state index is 12.2. The molecule has 0 saturated carbocycles. The number of carboxylic acid groups (broad SMARTS) is 1. The Hall–Kier alpha value is -3.68. The number of nitrogens with zero attached hydrogens (tertiary/aromatic N) is 3. The summed E-state index contributed by atoms with van der Waals surface area (Å²) in [6.45, 7) is 1.70. The lowest BCUT2D eigenvalue weighted by molar-refractivity contribution is -0.147. The SMILES string of the molecule is C[C@H](NC(=O)O[C@H](Cn1cncn1)C(=O)O)c1ccc(CCc2ccccc2)cc1. The highest BCUT2D eigenvalue weighted by molar-refractivity contribution is 5.77. The number of hydrogen-bond acceptors (Lipinski definition) is 5. The molecule has 8 nitrogen and oxygen atoms in total. The van der Waals surface area contributed by atoms with E-state index in [1.165, 1.54) is 28.5 Å². The van der Waals surface area contributed by atoms with Crippen molar-refractivity contribution in [1.82, 2.24) is 20.1 Å². The van der Waals surface area contributed by atoms with Crippen molar-refractivity contribution in [2.75, 3.05) is 0 Å². The van der Waals surface area contributed by atoms with E-state index in [2.05, 4.69) is 27.5 Å². The molecule has 1 amide bonds. The number of aromatic nitrogens is 3. The van der Waals surface area contributed by atoms with Gasteiger partial charge in [0.2, 0.25) is 6.10 Å². The number of hydrogen-bond donors (Lipinski definition) is 2. The van der Waals surface area contributed by atoms with Crippen LogP contribution in [0.5, 0.6) is 0 Å². The molecule has 0 aliphatic heterocycles. The van der Waals surface area contributed by atoms with Gasteiger partial charge in [-0.05, 0) is 36.5 Å². The fourth-order valence-electron chi connectivity index (χ4n) is 2.99. The third-order valence-corrected chi connectivity index (χ3v) is 4.70. The molecule has 8 heteroatoms. The number of aliphatic carboxylic acids is 1. The first-order chi connectivity index (χ1) is 14.5. The summed E-state index contributed by atoms with van der Waals surface area (Å²) in [5.74, 6) is -1.25. The third kappa shape index (κ3) is 6.16. The molecule has 156 valence electrons. The van der Waals surface area contributed by atoms with Gasteiger partial charge in [0.1, 0.15) is 12.7 Å². The van der Waals surface area contributed by atoms with Gasteiger partial charge in [-0.15, -0.1) is 0 Å². The minimum Gasteiger partial charge on any atom is -0.478 e. The number of alkyl carbamates (subject to hydrolysis) is 1. The van der Waals surface area contributed by atoms with Crippen LogP contribution in [0, 0.1) is 0 Å². The lowest BCUT2D eigenvalue weighted by atomic mass is 10.0. The summed E-state index contributed by atoms with van der Waals surface area (Å²) in [4.78, 5) is 27.2. The van der Waals surface area contributed by atoms with Crippen LogP contribution >= 0.6 is 0 Å². The molecule has 1 heterocycles. The molecule has 2 atom stereocenters. The lowest BCUT2D eigenvalue weighted by Gasteiger charge is -2.18. The van der Waals surface area contributed by atoms with Gasteiger partial charge in [0.15, 0.2) is 0 Å². The topological polar surface area (TPSA) is 106 Å². The maximum absolute atomic E-state index is 12.2. The zero-order valence-corrected chi connectivity index (χ0v) is 16.6. The number of amides is 1. The van der Waals surface area contributed by atoms with E-state index in [-0.39, 0.29) is 12.6 Å². The molecule has 3 rings (SSSR count). The number of carbonyl (C=O) groups is 2. The number of carboxylic acids is 1. The Morgan fingerprint density at radius 3 is 2.33 bits per heavy atom. The normalized spacial score (nSPS) is 12.7. The fourth-order valence-corrected chi connectivity index (χ4v) is 2.99. The van der Waals surface area contributed by atoms with Crippen LogP contribution in [0.1, 0.15) is 29.7 Å².